The number of pyridine rings is 1. The number of ether oxygens (including phenoxy) is 1. The van der Waals surface area contributed by atoms with Gasteiger partial charge in [0.15, 0.2) is 0 Å². The van der Waals surface area contributed by atoms with Crippen LogP contribution in [0.25, 0.3) is 22.3 Å². The normalized spacial score (nSPS) is 20.3. The van der Waals surface area contributed by atoms with Crippen molar-refractivity contribution in [2.45, 2.75) is 69.4 Å². The van der Waals surface area contributed by atoms with Gasteiger partial charge in [-0.1, -0.05) is 19.6 Å². The van der Waals surface area contributed by atoms with E-state index in [9.17, 15) is 28.0 Å². The number of fused-ring (bicyclic) bond motifs is 1. The highest BCUT2D eigenvalue weighted by Gasteiger charge is 2.49. The van der Waals surface area contributed by atoms with Gasteiger partial charge in [-0.2, -0.15) is 23.5 Å². The molecular weight excluding hydrogens is 656 g/mol. The zero-order valence-electron chi connectivity index (χ0n) is 27.7. The van der Waals surface area contributed by atoms with Crippen molar-refractivity contribution in [1.82, 2.24) is 39.1 Å². The van der Waals surface area contributed by atoms with Crippen LogP contribution in [-0.2, 0) is 23.2 Å². The van der Waals surface area contributed by atoms with Crippen LogP contribution in [0.15, 0.2) is 43.1 Å². The first-order valence-corrected chi connectivity index (χ1v) is 19.9. The fourth-order valence-electron chi connectivity index (χ4n) is 6.55. The molecule has 1 saturated heterocycles. The maximum atomic E-state index is 13.3. The number of hydrogen-bond donors (Lipinski definition) is 0. The van der Waals surface area contributed by atoms with Crippen LogP contribution in [0.4, 0.5) is 13.2 Å². The summed E-state index contributed by atoms with van der Waals surface area (Å²) in [5.41, 5.74) is -0.0962. The number of alkyl halides is 3. The molecule has 1 aliphatic heterocycles. The Morgan fingerprint density at radius 1 is 1.16 bits per heavy atom. The van der Waals surface area contributed by atoms with Crippen LogP contribution in [-0.4, -0.2) is 98.2 Å². The maximum absolute atomic E-state index is 13.3. The van der Waals surface area contributed by atoms with E-state index in [0.29, 0.717) is 58.4 Å². The smallest absolute Gasteiger partial charge is 0.361 e. The van der Waals surface area contributed by atoms with Crippen LogP contribution in [0.1, 0.15) is 45.8 Å². The van der Waals surface area contributed by atoms with Crippen LogP contribution < -0.4 is 0 Å². The van der Waals surface area contributed by atoms with Crippen LogP contribution in [0.3, 0.4) is 0 Å². The Morgan fingerprint density at radius 2 is 1.92 bits per heavy atom. The minimum absolute atomic E-state index is 0.146. The van der Waals surface area contributed by atoms with Crippen molar-refractivity contribution in [2.24, 2.45) is 0 Å². The lowest BCUT2D eigenvalue weighted by Crippen LogP contribution is -2.60. The number of rotatable bonds is 11. The van der Waals surface area contributed by atoms with E-state index in [2.05, 4.69) is 50.7 Å². The van der Waals surface area contributed by atoms with Gasteiger partial charge in [0.2, 0.25) is 0 Å². The zero-order chi connectivity index (χ0) is 35.0. The molecule has 0 atom stereocenters. The molecule has 1 aliphatic carbocycles. The first-order chi connectivity index (χ1) is 23.3. The van der Waals surface area contributed by atoms with Crippen molar-refractivity contribution in [3.05, 3.63) is 60.1 Å². The number of aromatic nitrogens is 6. The van der Waals surface area contributed by atoms with Crippen molar-refractivity contribution in [1.29, 1.82) is 5.26 Å². The third-order valence-electron chi connectivity index (χ3n) is 9.38. The van der Waals surface area contributed by atoms with E-state index >= 15 is 0 Å². The molecule has 16 heteroatoms. The van der Waals surface area contributed by atoms with E-state index in [1.807, 2.05) is 27.7 Å². The number of piperazine rings is 1. The fourth-order valence-corrected chi connectivity index (χ4v) is 7.30. The molecule has 0 unspecified atom stereocenters. The summed E-state index contributed by atoms with van der Waals surface area (Å²) < 4.78 is 49.7. The van der Waals surface area contributed by atoms with Crippen LogP contribution >= 0.6 is 0 Å². The van der Waals surface area contributed by atoms with Gasteiger partial charge in [-0.15, -0.1) is 0 Å². The predicted molar refractivity (Wildman–Crippen MR) is 176 cm³/mol. The van der Waals surface area contributed by atoms with Crippen molar-refractivity contribution in [3.8, 4) is 17.3 Å². The lowest BCUT2D eigenvalue weighted by molar-refractivity contribution is -0.141. The molecular formula is C33H38F3N9O3Si. The topological polar surface area (TPSA) is 135 Å². The number of halogens is 3. The second kappa shape index (κ2) is 13.4. The van der Waals surface area contributed by atoms with Crippen LogP contribution in [0.2, 0.25) is 25.7 Å². The van der Waals surface area contributed by atoms with Gasteiger partial charge in [0, 0.05) is 75.8 Å². The molecule has 2 aliphatic rings. The first kappa shape index (κ1) is 34.4. The molecule has 5 heterocycles. The standard InChI is InChI=1S/C33H38F3N9O3Si/c1-49(2,3)13-12-48-22-44-7-4-26-29(38-21-39-30(26)44)24-18-40-45(19-24)32(5-6-37)16-25(17-32)42-8-10-43(11-9-42)31(47)27-14-23(20-46)15-28(41-27)33(34,35)36/h4,7,14-15,18-21,25H,5,8-13,16-17,22H2,1-3H3/t25-,32+. The van der Waals surface area contributed by atoms with Crippen molar-refractivity contribution >= 4 is 31.3 Å². The van der Waals surface area contributed by atoms with E-state index in [1.165, 1.54) is 11.2 Å². The summed E-state index contributed by atoms with van der Waals surface area (Å²) in [7, 11) is -1.19. The Hall–Kier alpha value is -4.46. The number of carbonyl (C=O) groups excluding carboxylic acids is 2. The maximum Gasteiger partial charge on any atom is 0.433 e. The van der Waals surface area contributed by atoms with Gasteiger partial charge in [0.25, 0.3) is 5.91 Å². The van der Waals surface area contributed by atoms with E-state index < -0.39 is 37.1 Å². The number of amides is 1. The third kappa shape index (κ3) is 7.29. The molecule has 0 radical (unpaired) electrons. The average molecular weight is 694 g/mol. The van der Waals surface area contributed by atoms with E-state index in [4.69, 9.17) is 4.74 Å². The summed E-state index contributed by atoms with van der Waals surface area (Å²) in [6, 6.07) is 7.25. The van der Waals surface area contributed by atoms with Crippen molar-refractivity contribution in [3.63, 3.8) is 0 Å². The van der Waals surface area contributed by atoms with Gasteiger partial charge in [-0.25, -0.2) is 15.0 Å². The summed E-state index contributed by atoms with van der Waals surface area (Å²) in [6.07, 6.45) is 4.30. The minimum atomic E-state index is -4.78. The molecule has 4 aromatic rings. The van der Waals surface area contributed by atoms with E-state index in [0.717, 1.165) is 34.4 Å². The van der Waals surface area contributed by atoms with Crippen LogP contribution in [0, 0.1) is 11.3 Å². The van der Waals surface area contributed by atoms with Crippen LogP contribution in [0.5, 0.6) is 0 Å². The fraction of sp³-hybridized carbons (Fsp3) is 0.485. The molecule has 258 valence electrons. The van der Waals surface area contributed by atoms with Gasteiger partial charge in [0.1, 0.15) is 36.4 Å². The van der Waals surface area contributed by atoms with Gasteiger partial charge in [0.05, 0.1) is 29.9 Å². The highest BCUT2D eigenvalue weighted by Crippen LogP contribution is 2.45. The molecule has 49 heavy (non-hydrogen) atoms. The first-order valence-electron chi connectivity index (χ1n) is 16.2. The molecule has 0 N–H and O–H groups in total. The van der Waals surface area contributed by atoms with Crippen molar-refractivity contribution < 1.29 is 27.5 Å². The molecule has 0 aromatic carbocycles. The third-order valence-corrected chi connectivity index (χ3v) is 11.1. The summed E-state index contributed by atoms with van der Waals surface area (Å²) >= 11 is 0. The molecule has 0 bridgehead atoms. The van der Waals surface area contributed by atoms with Gasteiger partial charge in [-0.3, -0.25) is 19.2 Å². The second-order valence-electron chi connectivity index (χ2n) is 14.0. The number of carbonyl (C=O) groups is 2. The number of aldehydes is 1. The molecule has 0 spiro atoms. The highest BCUT2D eigenvalue weighted by atomic mass is 28.3. The van der Waals surface area contributed by atoms with E-state index in [-0.39, 0.29) is 24.3 Å². The average Bonchev–Trinajstić information content (AvgIpc) is 3.71. The molecule has 6 rings (SSSR count). The molecule has 4 aromatic heterocycles. The van der Waals surface area contributed by atoms with Gasteiger partial charge >= 0.3 is 6.18 Å². The molecule has 1 saturated carbocycles. The Balaban J connectivity index is 1.10. The largest absolute Gasteiger partial charge is 0.433 e. The summed E-state index contributed by atoms with van der Waals surface area (Å²) in [4.78, 5) is 40.6. The number of hydrogen-bond acceptors (Lipinski definition) is 9. The molecule has 2 fully saturated rings. The Morgan fingerprint density at radius 3 is 2.59 bits per heavy atom. The SMILES string of the molecule is C[Si](C)(C)CCOCn1ccc2c(-c3cnn([C@]4(CC#N)C[C@H](N5CCN(C(=O)c6cc(C=O)cc(C(F)(F)F)n6)CC5)C4)c3)ncnc21. The lowest BCUT2D eigenvalue weighted by Gasteiger charge is -2.52. The minimum Gasteiger partial charge on any atom is -0.361 e. The van der Waals surface area contributed by atoms with E-state index in [1.54, 1.807) is 6.20 Å². The van der Waals surface area contributed by atoms with Crippen molar-refractivity contribution in [2.75, 3.05) is 32.8 Å². The number of nitrogens with zero attached hydrogens (tertiary/aromatic N) is 9. The monoisotopic (exact) mass is 693 g/mol. The summed E-state index contributed by atoms with van der Waals surface area (Å²) in [5.74, 6) is -0.644. The predicted octanol–water partition coefficient (Wildman–Crippen LogP) is 5.06. The Kier molecular flexibility index (Phi) is 9.44. The highest BCUT2D eigenvalue weighted by molar-refractivity contribution is 6.76. The molecule has 1 amide bonds. The second-order valence-corrected chi connectivity index (χ2v) is 19.6. The number of nitriles is 1. The van der Waals surface area contributed by atoms with Gasteiger partial charge < -0.3 is 14.2 Å². The quantitative estimate of drug-likeness (QED) is 0.120. The molecule has 12 nitrogen and oxygen atoms in total. The summed E-state index contributed by atoms with van der Waals surface area (Å²) in [5, 5.41) is 15.3. The Labute approximate surface area is 282 Å². The lowest BCUT2D eigenvalue weighted by atomic mass is 9.70. The zero-order valence-corrected chi connectivity index (χ0v) is 28.7. The van der Waals surface area contributed by atoms with Gasteiger partial charge in [-0.05, 0) is 37.1 Å². The Bertz CT molecular complexity index is 1880. The summed E-state index contributed by atoms with van der Waals surface area (Å²) in [6.45, 7) is 9.69.